The van der Waals surface area contributed by atoms with Gasteiger partial charge in [0, 0.05) is 25.1 Å². The number of nitrogens with zero attached hydrogens (tertiary/aromatic N) is 2. The molecule has 0 saturated carbocycles. The second-order valence-corrected chi connectivity index (χ2v) is 4.12. The Bertz CT molecular complexity index is 367. The topological polar surface area (TPSA) is 66.9 Å². The van der Waals surface area contributed by atoms with Gasteiger partial charge in [-0.05, 0) is 20.3 Å². The highest BCUT2D eigenvalue weighted by atomic mass is 16.1. The number of rotatable bonds is 7. The monoisotopic (exact) mass is 236 g/mol. The highest BCUT2D eigenvalue weighted by Gasteiger charge is 2.02. The molecule has 0 saturated heterocycles. The van der Waals surface area contributed by atoms with Crippen LogP contribution >= 0.6 is 0 Å². The van der Waals surface area contributed by atoms with E-state index in [1.165, 1.54) is 6.33 Å². The SMILES string of the molecule is CCC(C)Nc1cc(NCCC(C)=O)ncn1. The van der Waals surface area contributed by atoms with Crippen LogP contribution in [0.4, 0.5) is 11.6 Å². The second kappa shape index (κ2) is 6.83. The third-order valence-electron chi connectivity index (χ3n) is 2.46. The van der Waals surface area contributed by atoms with Gasteiger partial charge in [-0.3, -0.25) is 4.79 Å². The normalized spacial score (nSPS) is 11.9. The van der Waals surface area contributed by atoms with Gasteiger partial charge in [-0.2, -0.15) is 0 Å². The molecule has 0 aliphatic carbocycles. The number of ketones is 1. The van der Waals surface area contributed by atoms with Gasteiger partial charge in [-0.15, -0.1) is 0 Å². The molecule has 5 nitrogen and oxygen atoms in total. The molecule has 5 heteroatoms. The molecule has 0 aromatic carbocycles. The van der Waals surface area contributed by atoms with E-state index in [1.54, 1.807) is 6.92 Å². The molecular weight excluding hydrogens is 216 g/mol. The van der Waals surface area contributed by atoms with Crippen molar-refractivity contribution < 1.29 is 4.79 Å². The Morgan fingerprint density at radius 2 is 2.12 bits per heavy atom. The molecule has 0 bridgehead atoms. The number of carbonyl (C=O) groups is 1. The second-order valence-electron chi connectivity index (χ2n) is 4.12. The molecule has 0 radical (unpaired) electrons. The van der Waals surface area contributed by atoms with Crippen LogP contribution in [0.5, 0.6) is 0 Å². The van der Waals surface area contributed by atoms with Gasteiger partial charge in [0.05, 0.1) is 0 Å². The average molecular weight is 236 g/mol. The summed E-state index contributed by atoms with van der Waals surface area (Å²) in [4.78, 5) is 19.0. The summed E-state index contributed by atoms with van der Waals surface area (Å²) >= 11 is 0. The number of Topliss-reactive ketones (excluding diaryl/α,β-unsaturated/α-hetero) is 1. The van der Waals surface area contributed by atoms with E-state index in [1.807, 2.05) is 6.07 Å². The van der Waals surface area contributed by atoms with Gasteiger partial charge in [0.25, 0.3) is 0 Å². The fraction of sp³-hybridized carbons (Fsp3) is 0.583. The van der Waals surface area contributed by atoms with E-state index < -0.39 is 0 Å². The first-order valence-corrected chi connectivity index (χ1v) is 5.93. The summed E-state index contributed by atoms with van der Waals surface area (Å²) in [6.45, 7) is 6.41. The first-order chi connectivity index (χ1) is 8.11. The van der Waals surface area contributed by atoms with Crippen LogP contribution in [0.15, 0.2) is 12.4 Å². The van der Waals surface area contributed by atoms with E-state index >= 15 is 0 Å². The number of anilines is 2. The van der Waals surface area contributed by atoms with E-state index in [-0.39, 0.29) is 5.78 Å². The van der Waals surface area contributed by atoms with E-state index in [0.29, 0.717) is 19.0 Å². The summed E-state index contributed by atoms with van der Waals surface area (Å²) in [5.74, 6) is 1.72. The minimum Gasteiger partial charge on any atom is -0.369 e. The number of nitrogens with one attached hydrogen (secondary N) is 2. The molecule has 1 atom stereocenters. The van der Waals surface area contributed by atoms with Crippen LogP contribution in [0.2, 0.25) is 0 Å². The maximum absolute atomic E-state index is 10.8. The van der Waals surface area contributed by atoms with Crippen LogP contribution in [-0.2, 0) is 4.79 Å². The van der Waals surface area contributed by atoms with Crippen molar-refractivity contribution >= 4 is 17.4 Å². The Morgan fingerprint density at radius 3 is 2.76 bits per heavy atom. The predicted octanol–water partition coefficient (Wildman–Crippen LogP) is 2.08. The fourth-order valence-electron chi connectivity index (χ4n) is 1.25. The maximum atomic E-state index is 10.8. The Kier molecular flexibility index (Phi) is 5.39. The van der Waals surface area contributed by atoms with E-state index in [9.17, 15) is 4.79 Å². The minimum atomic E-state index is 0.171. The van der Waals surface area contributed by atoms with Gasteiger partial charge < -0.3 is 10.6 Å². The van der Waals surface area contributed by atoms with Crippen molar-refractivity contribution in [2.45, 2.75) is 39.7 Å². The van der Waals surface area contributed by atoms with Crippen LogP contribution < -0.4 is 10.6 Å². The van der Waals surface area contributed by atoms with Crippen molar-refractivity contribution in [1.82, 2.24) is 9.97 Å². The molecule has 0 fully saturated rings. The lowest BCUT2D eigenvalue weighted by molar-refractivity contribution is -0.116. The summed E-state index contributed by atoms with van der Waals surface area (Å²) < 4.78 is 0. The molecule has 0 amide bonds. The fourth-order valence-corrected chi connectivity index (χ4v) is 1.25. The molecule has 94 valence electrons. The molecule has 0 aliphatic heterocycles. The minimum absolute atomic E-state index is 0.171. The molecule has 0 aliphatic rings. The number of carbonyl (C=O) groups excluding carboxylic acids is 1. The molecule has 1 rings (SSSR count). The Hall–Kier alpha value is -1.65. The summed E-state index contributed by atoms with van der Waals surface area (Å²) in [5.41, 5.74) is 0. The number of hydrogen-bond donors (Lipinski definition) is 2. The highest BCUT2D eigenvalue weighted by molar-refractivity contribution is 5.75. The molecule has 1 heterocycles. The van der Waals surface area contributed by atoms with Crippen LogP contribution in [0.25, 0.3) is 0 Å². The Morgan fingerprint density at radius 1 is 1.41 bits per heavy atom. The molecule has 2 N–H and O–H groups in total. The van der Waals surface area contributed by atoms with Gasteiger partial charge >= 0.3 is 0 Å². The molecule has 1 aromatic heterocycles. The molecular formula is C12H20N4O. The van der Waals surface area contributed by atoms with Crippen LogP contribution in [-0.4, -0.2) is 28.3 Å². The summed E-state index contributed by atoms with van der Waals surface area (Å²) in [5, 5.41) is 6.37. The van der Waals surface area contributed by atoms with Crippen molar-refractivity contribution in [1.29, 1.82) is 0 Å². The lowest BCUT2D eigenvalue weighted by Gasteiger charge is -2.12. The summed E-state index contributed by atoms with van der Waals surface area (Å²) in [6.07, 6.45) is 3.07. The summed E-state index contributed by atoms with van der Waals surface area (Å²) in [6, 6.07) is 2.24. The smallest absolute Gasteiger partial charge is 0.131 e. The average Bonchev–Trinajstić information content (AvgIpc) is 2.29. The molecule has 1 unspecified atom stereocenters. The van der Waals surface area contributed by atoms with Gasteiger partial charge in [-0.25, -0.2) is 9.97 Å². The largest absolute Gasteiger partial charge is 0.369 e. The molecule has 0 spiro atoms. The molecule has 1 aromatic rings. The van der Waals surface area contributed by atoms with Crippen molar-refractivity contribution in [2.75, 3.05) is 17.2 Å². The van der Waals surface area contributed by atoms with Gasteiger partial charge in [0.15, 0.2) is 0 Å². The van der Waals surface area contributed by atoms with Crippen molar-refractivity contribution in [3.05, 3.63) is 12.4 Å². The van der Waals surface area contributed by atoms with Crippen LogP contribution in [0.3, 0.4) is 0 Å². The molecule has 17 heavy (non-hydrogen) atoms. The van der Waals surface area contributed by atoms with Gasteiger partial charge in [-0.1, -0.05) is 6.92 Å². The number of hydrogen-bond acceptors (Lipinski definition) is 5. The van der Waals surface area contributed by atoms with Crippen LogP contribution in [0, 0.1) is 0 Å². The van der Waals surface area contributed by atoms with Gasteiger partial charge in [0.2, 0.25) is 0 Å². The quantitative estimate of drug-likeness (QED) is 0.758. The lowest BCUT2D eigenvalue weighted by atomic mass is 10.2. The van der Waals surface area contributed by atoms with E-state index in [2.05, 4.69) is 34.4 Å². The predicted molar refractivity (Wildman–Crippen MR) is 69.2 cm³/mol. The third-order valence-corrected chi connectivity index (χ3v) is 2.46. The first-order valence-electron chi connectivity index (χ1n) is 5.93. The van der Waals surface area contributed by atoms with Crippen molar-refractivity contribution in [3.8, 4) is 0 Å². The zero-order valence-corrected chi connectivity index (χ0v) is 10.7. The van der Waals surface area contributed by atoms with Crippen molar-refractivity contribution in [3.63, 3.8) is 0 Å². The first kappa shape index (κ1) is 13.4. The van der Waals surface area contributed by atoms with E-state index in [4.69, 9.17) is 0 Å². The van der Waals surface area contributed by atoms with E-state index in [0.717, 1.165) is 18.1 Å². The zero-order chi connectivity index (χ0) is 12.7. The highest BCUT2D eigenvalue weighted by Crippen LogP contribution is 2.10. The third kappa shape index (κ3) is 5.29. The van der Waals surface area contributed by atoms with Crippen molar-refractivity contribution in [2.24, 2.45) is 0 Å². The van der Waals surface area contributed by atoms with Crippen LogP contribution in [0.1, 0.15) is 33.6 Å². The Balaban J connectivity index is 2.50. The summed E-state index contributed by atoms with van der Waals surface area (Å²) in [7, 11) is 0. The zero-order valence-electron chi connectivity index (χ0n) is 10.7. The van der Waals surface area contributed by atoms with Gasteiger partial charge in [0.1, 0.15) is 23.7 Å². The maximum Gasteiger partial charge on any atom is 0.131 e. The Labute approximate surface area is 102 Å². The lowest BCUT2D eigenvalue weighted by Crippen LogP contribution is -2.15. The number of aromatic nitrogens is 2. The standard InChI is InChI=1S/C12H20N4O/c1-4-9(2)16-12-7-11(14-8-15-12)13-6-5-10(3)17/h7-9H,4-6H2,1-3H3,(H2,13,14,15,16).